The largest absolute Gasteiger partial charge is 0.477 e. The molecule has 0 fully saturated rings. The molecule has 0 spiro atoms. The van der Waals surface area contributed by atoms with Gasteiger partial charge in [0, 0.05) is 25.7 Å². The minimum atomic E-state index is -3.75. The number of benzene rings is 2. The summed E-state index contributed by atoms with van der Waals surface area (Å²) in [5.74, 6) is -0.247. The van der Waals surface area contributed by atoms with Crippen LogP contribution < -0.4 is 15.0 Å². The van der Waals surface area contributed by atoms with Crippen LogP contribution in [0.15, 0.2) is 41.3 Å². The molecule has 1 N–H and O–H groups in total. The van der Waals surface area contributed by atoms with Crippen molar-refractivity contribution in [2.75, 3.05) is 25.5 Å². The average molecular weight is 488 g/mol. The minimum Gasteiger partial charge on any atom is -0.477 e. The van der Waals surface area contributed by atoms with Crippen LogP contribution in [0.5, 0.6) is 5.75 Å². The highest BCUT2D eigenvalue weighted by Gasteiger charge is 2.35. The molecular formula is C25H33N3O5S. The van der Waals surface area contributed by atoms with Gasteiger partial charge in [-0.25, -0.2) is 12.7 Å². The van der Waals surface area contributed by atoms with Crippen molar-refractivity contribution < 1.29 is 22.7 Å². The Morgan fingerprint density at radius 1 is 1.15 bits per heavy atom. The second-order valence-electron chi connectivity index (χ2n) is 8.72. The molecular weight excluding hydrogens is 454 g/mol. The van der Waals surface area contributed by atoms with Crippen molar-refractivity contribution in [3.05, 3.63) is 53.1 Å². The molecule has 34 heavy (non-hydrogen) atoms. The van der Waals surface area contributed by atoms with Crippen molar-refractivity contribution in [2.24, 2.45) is 0 Å². The summed E-state index contributed by atoms with van der Waals surface area (Å²) in [5, 5.41) is 2.99. The lowest BCUT2D eigenvalue weighted by Gasteiger charge is -2.35. The van der Waals surface area contributed by atoms with Crippen LogP contribution in [0, 0.1) is 13.8 Å². The lowest BCUT2D eigenvalue weighted by atomic mass is 10.0. The SMILES string of the molecule is CCC(CC)NC(=O)C1CN(C(=O)c2cc(C)c(C)c(S(=O)(=O)N(C)C)c2)c2ccccc2O1. The summed E-state index contributed by atoms with van der Waals surface area (Å²) in [6.07, 6.45) is 0.705. The maximum atomic E-state index is 13.7. The highest BCUT2D eigenvalue weighted by Crippen LogP contribution is 2.35. The maximum Gasteiger partial charge on any atom is 0.263 e. The number of para-hydroxylation sites is 2. The number of sulfonamides is 1. The molecule has 1 atom stereocenters. The smallest absolute Gasteiger partial charge is 0.263 e. The zero-order valence-corrected chi connectivity index (χ0v) is 21.4. The zero-order valence-electron chi connectivity index (χ0n) is 20.6. The third kappa shape index (κ3) is 4.95. The predicted octanol–water partition coefficient (Wildman–Crippen LogP) is 3.27. The van der Waals surface area contributed by atoms with Crippen LogP contribution in [0.25, 0.3) is 0 Å². The van der Waals surface area contributed by atoms with Crippen molar-refractivity contribution in [1.82, 2.24) is 9.62 Å². The summed E-state index contributed by atoms with van der Waals surface area (Å²) in [6.45, 7) is 7.52. The van der Waals surface area contributed by atoms with Crippen molar-refractivity contribution in [1.29, 1.82) is 0 Å². The van der Waals surface area contributed by atoms with Crippen molar-refractivity contribution >= 4 is 27.5 Å². The zero-order chi connectivity index (χ0) is 25.2. The summed E-state index contributed by atoms with van der Waals surface area (Å²) in [4.78, 5) is 28.2. The van der Waals surface area contributed by atoms with Gasteiger partial charge in [0.15, 0.2) is 6.10 Å². The topological polar surface area (TPSA) is 96.0 Å². The molecule has 3 rings (SSSR count). The first-order valence-corrected chi connectivity index (χ1v) is 12.9. The number of anilines is 1. The summed E-state index contributed by atoms with van der Waals surface area (Å²) in [5.41, 5.74) is 2.06. The van der Waals surface area contributed by atoms with E-state index in [1.807, 2.05) is 13.8 Å². The Morgan fingerprint density at radius 3 is 2.41 bits per heavy atom. The average Bonchev–Trinajstić information content (AvgIpc) is 2.82. The molecule has 0 radical (unpaired) electrons. The first kappa shape index (κ1) is 25.7. The van der Waals surface area contributed by atoms with E-state index in [2.05, 4.69) is 5.32 Å². The van der Waals surface area contributed by atoms with Crippen LogP contribution in [0.1, 0.15) is 48.2 Å². The molecule has 2 amide bonds. The van der Waals surface area contributed by atoms with Crippen molar-refractivity contribution in [3.63, 3.8) is 0 Å². The first-order valence-electron chi connectivity index (χ1n) is 11.4. The molecule has 0 aromatic heterocycles. The van der Waals surface area contributed by atoms with Gasteiger partial charge in [-0.2, -0.15) is 0 Å². The Bertz CT molecular complexity index is 1190. The van der Waals surface area contributed by atoms with Gasteiger partial charge < -0.3 is 15.0 Å². The molecule has 0 saturated heterocycles. The first-order chi connectivity index (χ1) is 16.0. The Kier molecular flexibility index (Phi) is 7.67. The molecule has 8 nitrogen and oxygen atoms in total. The van der Waals surface area contributed by atoms with Gasteiger partial charge in [0.1, 0.15) is 5.75 Å². The second-order valence-corrected chi connectivity index (χ2v) is 10.8. The van der Waals surface area contributed by atoms with Crippen LogP contribution in [-0.4, -0.2) is 57.3 Å². The van der Waals surface area contributed by atoms with E-state index in [1.165, 1.54) is 25.1 Å². The van der Waals surface area contributed by atoms with Gasteiger partial charge in [-0.3, -0.25) is 9.59 Å². The molecule has 0 bridgehead atoms. The number of nitrogens with one attached hydrogen (secondary N) is 1. The fraction of sp³-hybridized carbons (Fsp3) is 0.440. The molecule has 1 aliphatic heterocycles. The van der Waals surface area contributed by atoms with E-state index in [4.69, 9.17) is 4.74 Å². The number of aryl methyl sites for hydroxylation is 1. The number of rotatable bonds is 7. The highest BCUT2D eigenvalue weighted by molar-refractivity contribution is 7.89. The number of fused-ring (bicyclic) bond motifs is 1. The third-order valence-corrected chi connectivity index (χ3v) is 8.21. The van der Waals surface area contributed by atoms with E-state index in [9.17, 15) is 18.0 Å². The molecule has 0 saturated carbocycles. The van der Waals surface area contributed by atoms with Crippen LogP contribution in [0.4, 0.5) is 5.69 Å². The summed E-state index contributed by atoms with van der Waals surface area (Å²) in [7, 11) is -0.831. The molecule has 1 unspecified atom stereocenters. The quantitative estimate of drug-likeness (QED) is 0.647. The van der Waals surface area contributed by atoms with Crippen LogP contribution >= 0.6 is 0 Å². The number of carbonyl (C=O) groups is 2. The molecule has 1 heterocycles. The Balaban J connectivity index is 2.02. The Morgan fingerprint density at radius 2 is 1.79 bits per heavy atom. The number of nitrogens with zero attached hydrogens (tertiary/aromatic N) is 2. The number of hydrogen-bond acceptors (Lipinski definition) is 5. The lowest BCUT2D eigenvalue weighted by molar-refractivity contribution is -0.128. The lowest BCUT2D eigenvalue weighted by Crippen LogP contribution is -2.52. The van der Waals surface area contributed by atoms with Crippen molar-refractivity contribution in [2.45, 2.75) is 57.6 Å². The summed E-state index contributed by atoms with van der Waals surface area (Å²) < 4.78 is 32.8. The van der Waals surface area contributed by atoms with E-state index >= 15 is 0 Å². The molecule has 2 aromatic carbocycles. The van der Waals surface area contributed by atoms with Crippen LogP contribution in [0.3, 0.4) is 0 Å². The maximum absolute atomic E-state index is 13.7. The monoisotopic (exact) mass is 487 g/mol. The molecule has 1 aliphatic rings. The van der Waals surface area contributed by atoms with Gasteiger partial charge in [0.2, 0.25) is 10.0 Å². The Labute approximate surface area is 201 Å². The molecule has 184 valence electrons. The second kappa shape index (κ2) is 10.1. The van der Waals surface area contributed by atoms with Gasteiger partial charge in [0.05, 0.1) is 17.1 Å². The predicted molar refractivity (Wildman–Crippen MR) is 132 cm³/mol. The van der Waals surface area contributed by atoms with Gasteiger partial charge in [-0.1, -0.05) is 26.0 Å². The number of amides is 2. The number of ether oxygens (including phenoxy) is 1. The van der Waals surface area contributed by atoms with E-state index < -0.39 is 22.0 Å². The normalized spacial score (nSPS) is 15.8. The van der Waals surface area contributed by atoms with Gasteiger partial charge in [-0.15, -0.1) is 0 Å². The summed E-state index contributed by atoms with van der Waals surface area (Å²) >= 11 is 0. The summed E-state index contributed by atoms with van der Waals surface area (Å²) in [6, 6.07) is 10.2. The van der Waals surface area contributed by atoms with Gasteiger partial charge in [0.25, 0.3) is 11.8 Å². The number of hydrogen-bond donors (Lipinski definition) is 1. The third-order valence-electron chi connectivity index (χ3n) is 6.27. The van der Waals surface area contributed by atoms with Crippen LogP contribution in [-0.2, 0) is 14.8 Å². The van der Waals surface area contributed by atoms with Gasteiger partial charge in [-0.05, 0) is 62.1 Å². The Hall–Kier alpha value is -2.91. The molecule has 0 aliphatic carbocycles. The fourth-order valence-electron chi connectivity index (χ4n) is 3.92. The standard InChI is InChI=1S/C25H33N3O5S/c1-7-19(8-2)26-24(29)22-15-28(20-11-9-10-12-21(20)33-22)25(30)18-13-16(3)17(4)23(14-18)34(31,32)27(5)6/h9-14,19,22H,7-8,15H2,1-6H3,(H,26,29). The molecule has 9 heteroatoms. The number of carbonyl (C=O) groups excluding carboxylic acids is 2. The van der Waals surface area contributed by atoms with Gasteiger partial charge >= 0.3 is 0 Å². The minimum absolute atomic E-state index is 0.0184. The van der Waals surface area contributed by atoms with E-state index in [1.54, 1.807) is 44.2 Å². The highest BCUT2D eigenvalue weighted by atomic mass is 32.2. The van der Waals surface area contributed by atoms with E-state index in [0.29, 0.717) is 22.6 Å². The van der Waals surface area contributed by atoms with Crippen molar-refractivity contribution in [3.8, 4) is 5.75 Å². The van der Waals surface area contributed by atoms with E-state index in [-0.39, 0.29) is 29.0 Å². The van der Waals surface area contributed by atoms with Crippen LogP contribution in [0.2, 0.25) is 0 Å². The fourth-order valence-corrected chi connectivity index (χ4v) is 5.14. The molecule has 2 aromatic rings. The van der Waals surface area contributed by atoms with E-state index in [0.717, 1.165) is 17.1 Å².